The molecule has 0 aliphatic heterocycles. The van der Waals surface area contributed by atoms with Crippen molar-refractivity contribution in [1.82, 2.24) is 9.29 Å². The fourth-order valence-corrected chi connectivity index (χ4v) is 3.07. The van der Waals surface area contributed by atoms with E-state index in [0.29, 0.717) is 0 Å². The van der Waals surface area contributed by atoms with Crippen LogP contribution in [0.5, 0.6) is 0 Å². The van der Waals surface area contributed by atoms with Gasteiger partial charge in [-0.15, -0.1) is 0 Å². The van der Waals surface area contributed by atoms with E-state index in [2.05, 4.69) is 4.98 Å². The largest absolute Gasteiger partial charge is 0.480 e. The predicted molar refractivity (Wildman–Crippen MR) is 65.6 cm³/mol. The Morgan fingerprint density at radius 1 is 1.63 bits per heavy atom. The zero-order valence-electron chi connectivity index (χ0n) is 10.4. The normalized spacial score (nSPS) is 12.9. The van der Waals surface area contributed by atoms with Gasteiger partial charge in [0.25, 0.3) is 0 Å². The van der Waals surface area contributed by atoms with E-state index in [1.807, 2.05) is 0 Å². The zero-order valence-corrected chi connectivity index (χ0v) is 11.3. The van der Waals surface area contributed by atoms with Gasteiger partial charge in [-0.3, -0.25) is 4.79 Å². The van der Waals surface area contributed by atoms with Crippen LogP contribution < -0.4 is 0 Å². The molecule has 0 aliphatic carbocycles. The second-order valence-corrected chi connectivity index (χ2v) is 5.71. The highest BCUT2D eigenvalue weighted by Crippen LogP contribution is 2.20. The molecule has 8 heteroatoms. The van der Waals surface area contributed by atoms with E-state index < -0.39 is 22.0 Å². The van der Waals surface area contributed by atoms with Gasteiger partial charge in [-0.1, -0.05) is 6.92 Å². The van der Waals surface area contributed by atoms with Gasteiger partial charge in [-0.2, -0.15) is 9.57 Å². The maximum Gasteiger partial charge on any atom is 0.321 e. The molecule has 102 valence electrons. The lowest BCUT2D eigenvalue weighted by Gasteiger charge is -2.23. The van der Waals surface area contributed by atoms with Crippen LogP contribution in [0.2, 0.25) is 0 Å². The van der Waals surface area contributed by atoms with Crippen LogP contribution in [0.1, 0.15) is 19.0 Å². The monoisotopic (exact) mass is 283 g/mol. The van der Waals surface area contributed by atoms with Gasteiger partial charge in [-0.05, 0) is 18.6 Å². The minimum atomic E-state index is -4.07. The van der Waals surface area contributed by atoms with Crippen LogP contribution in [0, 0.1) is 11.3 Å². The summed E-state index contributed by atoms with van der Waals surface area (Å²) in [6.45, 7) is 1.57. The van der Waals surface area contributed by atoms with Crippen LogP contribution in [-0.4, -0.2) is 41.9 Å². The summed E-state index contributed by atoms with van der Waals surface area (Å²) in [5.41, 5.74) is -0.255. The third-order valence-corrected chi connectivity index (χ3v) is 4.54. The fourth-order valence-electron chi connectivity index (χ4n) is 1.59. The lowest BCUT2D eigenvalue weighted by Crippen LogP contribution is -2.42. The molecule has 0 radical (unpaired) electrons. The summed E-state index contributed by atoms with van der Waals surface area (Å²) in [7, 11) is -2.90. The third kappa shape index (κ3) is 2.89. The molecule has 19 heavy (non-hydrogen) atoms. The van der Waals surface area contributed by atoms with Crippen molar-refractivity contribution < 1.29 is 18.3 Å². The van der Waals surface area contributed by atoms with Gasteiger partial charge in [0.2, 0.25) is 10.0 Å². The first-order chi connectivity index (χ1) is 8.86. The van der Waals surface area contributed by atoms with Crippen molar-refractivity contribution in [2.45, 2.75) is 24.3 Å². The molecule has 0 fully saturated rings. The van der Waals surface area contributed by atoms with E-state index in [1.54, 1.807) is 13.0 Å². The Kier molecular flexibility index (Phi) is 4.58. The molecule has 1 rings (SSSR count). The second-order valence-electron chi connectivity index (χ2n) is 3.75. The first kappa shape index (κ1) is 15.1. The average molecular weight is 283 g/mol. The van der Waals surface area contributed by atoms with E-state index in [0.717, 1.165) is 4.31 Å². The number of rotatable bonds is 5. The van der Waals surface area contributed by atoms with Crippen LogP contribution >= 0.6 is 0 Å². The molecule has 0 saturated heterocycles. The van der Waals surface area contributed by atoms with E-state index >= 15 is 0 Å². The van der Waals surface area contributed by atoms with Crippen molar-refractivity contribution >= 4 is 16.0 Å². The van der Waals surface area contributed by atoms with E-state index in [-0.39, 0.29) is 17.0 Å². The number of carboxylic acid groups (broad SMARTS) is 1. The fraction of sp³-hybridized carbons (Fsp3) is 0.364. The zero-order chi connectivity index (χ0) is 14.6. The number of nitriles is 1. The van der Waals surface area contributed by atoms with Gasteiger partial charge in [-0.25, -0.2) is 13.4 Å². The van der Waals surface area contributed by atoms with Crippen molar-refractivity contribution in [3.63, 3.8) is 0 Å². The number of pyridine rings is 1. The van der Waals surface area contributed by atoms with Crippen molar-refractivity contribution in [1.29, 1.82) is 5.26 Å². The molecule has 0 bridgehead atoms. The first-order valence-corrected chi connectivity index (χ1v) is 6.86. The number of sulfonamides is 1. The number of carboxylic acids is 1. The average Bonchev–Trinajstić information content (AvgIpc) is 2.38. The maximum absolute atomic E-state index is 12.3. The van der Waals surface area contributed by atoms with Crippen LogP contribution in [0.3, 0.4) is 0 Å². The Bertz CT molecular complexity index is 621. The lowest BCUT2D eigenvalue weighted by atomic mass is 10.2. The summed E-state index contributed by atoms with van der Waals surface area (Å²) in [6, 6.07) is 3.10. The Hall–Kier alpha value is -1.98. The number of aliphatic carboxylic acids is 1. The molecule has 1 heterocycles. The van der Waals surface area contributed by atoms with Crippen LogP contribution in [0.25, 0.3) is 0 Å². The second kappa shape index (κ2) is 5.77. The number of aromatic nitrogens is 1. The van der Waals surface area contributed by atoms with Crippen LogP contribution in [-0.2, 0) is 14.8 Å². The molecule has 0 amide bonds. The van der Waals surface area contributed by atoms with Crippen LogP contribution in [0.4, 0.5) is 0 Å². The van der Waals surface area contributed by atoms with E-state index in [9.17, 15) is 13.2 Å². The quantitative estimate of drug-likeness (QED) is 0.839. The Labute approximate surface area is 111 Å². The molecule has 7 nitrogen and oxygen atoms in total. The predicted octanol–water partition coefficient (Wildman–Crippen LogP) is 0.437. The first-order valence-electron chi connectivity index (χ1n) is 5.42. The highest BCUT2D eigenvalue weighted by molar-refractivity contribution is 7.89. The standard InChI is InChI=1S/C11H13N3O4S/c1-3-9(11(15)16)14(2)19(17,18)10-5-4-6-13-8(10)7-12/h4-6,9H,3H2,1-2H3,(H,15,16). The summed E-state index contributed by atoms with van der Waals surface area (Å²) in [5.74, 6) is -1.24. The summed E-state index contributed by atoms with van der Waals surface area (Å²) < 4.78 is 25.3. The Morgan fingerprint density at radius 2 is 2.26 bits per heavy atom. The smallest absolute Gasteiger partial charge is 0.321 e. The highest BCUT2D eigenvalue weighted by atomic mass is 32.2. The molecular weight excluding hydrogens is 270 g/mol. The Balaban J connectivity index is 3.32. The summed E-state index contributed by atoms with van der Waals surface area (Å²) >= 11 is 0. The molecule has 1 atom stereocenters. The number of hydrogen-bond acceptors (Lipinski definition) is 5. The number of nitrogens with zero attached hydrogens (tertiary/aromatic N) is 3. The molecule has 1 unspecified atom stereocenters. The number of likely N-dealkylation sites (N-methyl/N-ethyl adjacent to an activating group) is 1. The third-order valence-electron chi connectivity index (χ3n) is 2.64. The van der Waals surface area contributed by atoms with Gasteiger partial charge in [0.05, 0.1) is 0 Å². The number of hydrogen-bond donors (Lipinski definition) is 1. The molecule has 0 aliphatic rings. The van der Waals surface area contributed by atoms with Crippen molar-refractivity contribution in [3.8, 4) is 6.07 Å². The summed E-state index contributed by atoms with van der Waals surface area (Å²) in [5, 5.41) is 17.9. The Morgan fingerprint density at radius 3 is 2.74 bits per heavy atom. The highest BCUT2D eigenvalue weighted by Gasteiger charge is 2.33. The summed E-state index contributed by atoms with van der Waals surface area (Å²) in [4.78, 5) is 14.4. The molecule has 1 N–H and O–H groups in total. The van der Waals surface area contributed by atoms with Gasteiger partial charge in [0.1, 0.15) is 17.0 Å². The van der Waals surface area contributed by atoms with Gasteiger partial charge < -0.3 is 5.11 Å². The summed E-state index contributed by atoms with van der Waals surface area (Å²) in [6.07, 6.45) is 1.42. The molecule has 1 aromatic heterocycles. The lowest BCUT2D eigenvalue weighted by molar-refractivity contribution is -0.141. The molecular formula is C11H13N3O4S. The van der Waals surface area contributed by atoms with Crippen molar-refractivity contribution in [2.75, 3.05) is 7.05 Å². The van der Waals surface area contributed by atoms with E-state index in [1.165, 1.54) is 25.4 Å². The van der Waals surface area contributed by atoms with Crippen LogP contribution in [0.15, 0.2) is 23.2 Å². The molecule has 1 aromatic rings. The topological polar surface area (TPSA) is 111 Å². The maximum atomic E-state index is 12.3. The SMILES string of the molecule is CCC(C(=O)O)N(C)S(=O)(=O)c1cccnc1C#N. The van der Waals surface area contributed by atoms with Gasteiger partial charge >= 0.3 is 5.97 Å². The minimum Gasteiger partial charge on any atom is -0.480 e. The molecule has 0 aromatic carbocycles. The number of carbonyl (C=O) groups is 1. The minimum absolute atomic E-state index is 0.118. The molecule has 0 spiro atoms. The van der Waals surface area contributed by atoms with Crippen molar-refractivity contribution in [3.05, 3.63) is 24.0 Å². The van der Waals surface area contributed by atoms with Gasteiger partial charge in [0, 0.05) is 13.2 Å². The molecule has 0 saturated carbocycles. The van der Waals surface area contributed by atoms with Crippen molar-refractivity contribution in [2.24, 2.45) is 0 Å². The van der Waals surface area contributed by atoms with Gasteiger partial charge in [0.15, 0.2) is 5.69 Å². The van der Waals surface area contributed by atoms with E-state index in [4.69, 9.17) is 10.4 Å².